The Bertz CT molecular complexity index is 517. The van der Waals surface area contributed by atoms with Crippen molar-refractivity contribution < 1.29 is 0 Å². The van der Waals surface area contributed by atoms with E-state index in [0.29, 0.717) is 0 Å². The van der Waals surface area contributed by atoms with Crippen LogP contribution >= 0.6 is 0 Å². The molecule has 0 aromatic carbocycles. The summed E-state index contributed by atoms with van der Waals surface area (Å²) in [4.78, 5) is 13.3. The summed E-state index contributed by atoms with van der Waals surface area (Å²) in [6.45, 7) is 5.15. The van der Waals surface area contributed by atoms with Gasteiger partial charge in [-0.2, -0.15) is 0 Å². The lowest BCUT2D eigenvalue weighted by Gasteiger charge is -2.17. The maximum absolute atomic E-state index is 4.45. The third kappa shape index (κ3) is 3.87. The number of hydrogen-bond acceptors (Lipinski definition) is 4. The van der Waals surface area contributed by atoms with Crippen LogP contribution in [-0.2, 0) is 13.5 Å². The Kier molecular flexibility index (Phi) is 5.24. The van der Waals surface area contributed by atoms with Gasteiger partial charge in [0.25, 0.3) is 0 Å². The molecule has 0 saturated heterocycles. The highest BCUT2D eigenvalue weighted by molar-refractivity contribution is 5.05. The van der Waals surface area contributed by atoms with Crippen LogP contribution in [0.3, 0.4) is 0 Å². The number of aryl methyl sites for hydroxylation is 3. The van der Waals surface area contributed by atoms with Crippen molar-refractivity contribution in [1.29, 1.82) is 0 Å². The van der Waals surface area contributed by atoms with Gasteiger partial charge in [0.1, 0.15) is 11.6 Å². The standard InChI is InChI=1S/C15H23N5/c1-4-7-16-13(15-18-10-12(2)11-19-15)5-6-14-17-8-9-20(14)3/h8-11,13,16H,4-7H2,1-3H3. The Morgan fingerprint density at radius 1 is 1.25 bits per heavy atom. The van der Waals surface area contributed by atoms with E-state index in [1.54, 1.807) is 0 Å². The zero-order valence-electron chi connectivity index (χ0n) is 12.5. The largest absolute Gasteiger partial charge is 0.338 e. The van der Waals surface area contributed by atoms with Crippen LogP contribution in [0.15, 0.2) is 24.8 Å². The van der Waals surface area contributed by atoms with Crippen LogP contribution in [0.25, 0.3) is 0 Å². The summed E-state index contributed by atoms with van der Waals surface area (Å²) < 4.78 is 2.06. The molecule has 0 aliphatic carbocycles. The fourth-order valence-corrected chi connectivity index (χ4v) is 2.13. The second-order valence-corrected chi connectivity index (χ2v) is 5.12. The van der Waals surface area contributed by atoms with E-state index in [9.17, 15) is 0 Å². The second-order valence-electron chi connectivity index (χ2n) is 5.12. The molecule has 0 aliphatic heterocycles. The molecule has 1 N–H and O–H groups in total. The first-order valence-electron chi connectivity index (χ1n) is 7.18. The normalized spacial score (nSPS) is 12.6. The van der Waals surface area contributed by atoms with Crippen molar-refractivity contribution in [3.05, 3.63) is 42.0 Å². The topological polar surface area (TPSA) is 55.6 Å². The highest BCUT2D eigenvalue weighted by atomic mass is 15.0. The molecular weight excluding hydrogens is 250 g/mol. The highest BCUT2D eigenvalue weighted by Gasteiger charge is 2.14. The van der Waals surface area contributed by atoms with Crippen molar-refractivity contribution in [3.63, 3.8) is 0 Å². The lowest BCUT2D eigenvalue weighted by molar-refractivity contribution is 0.469. The van der Waals surface area contributed by atoms with Crippen LogP contribution in [0.1, 0.15) is 43.0 Å². The molecule has 20 heavy (non-hydrogen) atoms. The predicted molar refractivity (Wildman–Crippen MR) is 79.3 cm³/mol. The molecule has 1 unspecified atom stereocenters. The van der Waals surface area contributed by atoms with Crippen molar-refractivity contribution in [2.75, 3.05) is 6.54 Å². The van der Waals surface area contributed by atoms with Gasteiger partial charge in [-0.3, -0.25) is 0 Å². The van der Waals surface area contributed by atoms with Gasteiger partial charge in [0.05, 0.1) is 6.04 Å². The first-order chi connectivity index (χ1) is 9.70. The average molecular weight is 273 g/mol. The van der Waals surface area contributed by atoms with Crippen LogP contribution < -0.4 is 5.32 Å². The number of aromatic nitrogens is 4. The van der Waals surface area contributed by atoms with Gasteiger partial charge in [0.2, 0.25) is 0 Å². The van der Waals surface area contributed by atoms with Gasteiger partial charge in [-0.15, -0.1) is 0 Å². The average Bonchev–Trinajstić information content (AvgIpc) is 2.86. The van der Waals surface area contributed by atoms with Crippen LogP contribution in [-0.4, -0.2) is 26.1 Å². The Labute approximate surface area is 120 Å². The molecule has 0 spiro atoms. The molecule has 0 amide bonds. The summed E-state index contributed by atoms with van der Waals surface area (Å²) in [5.74, 6) is 1.97. The molecular formula is C15H23N5. The molecule has 0 radical (unpaired) electrons. The summed E-state index contributed by atoms with van der Waals surface area (Å²) in [5, 5.41) is 3.53. The van der Waals surface area contributed by atoms with Gasteiger partial charge in [-0.05, 0) is 31.9 Å². The van der Waals surface area contributed by atoms with Gasteiger partial charge < -0.3 is 9.88 Å². The summed E-state index contributed by atoms with van der Waals surface area (Å²) in [7, 11) is 2.03. The van der Waals surface area contributed by atoms with Gasteiger partial charge in [-0.25, -0.2) is 15.0 Å². The number of nitrogens with one attached hydrogen (secondary N) is 1. The van der Waals surface area contributed by atoms with Crippen molar-refractivity contribution in [2.45, 2.75) is 39.2 Å². The van der Waals surface area contributed by atoms with Gasteiger partial charge in [0, 0.05) is 38.3 Å². The monoisotopic (exact) mass is 273 g/mol. The molecule has 2 heterocycles. The number of imidazole rings is 1. The Morgan fingerprint density at radius 3 is 2.60 bits per heavy atom. The van der Waals surface area contributed by atoms with E-state index in [-0.39, 0.29) is 6.04 Å². The molecule has 0 saturated carbocycles. The van der Waals surface area contributed by atoms with E-state index in [2.05, 4.69) is 31.8 Å². The highest BCUT2D eigenvalue weighted by Crippen LogP contribution is 2.15. The second kappa shape index (κ2) is 7.14. The van der Waals surface area contributed by atoms with E-state index >= 15 is 0 Å². The predicted octanol–water partition coefficient (Wildman–Crippen LogP) is 2.19. The van der Waals surface area contributed by atoms with Gasteiger partial charge in [0.15, 0.2) is 0 Å². The summed E-state index contributed by atoms with van der Waals surface area (Å²) in [6, 6.07) is 0.187. The van der Waals surface area contributed by atoms with Crippen LogP contribution in [0.5, 0.6) is 0 Å². The van der Waals surface area contributed by atoms with E-state index in [1.807, 2.05) is 38.8 Å². The lowest BCUT2D eigenvalue weighted by Crippen LogP contribution is -2.25. The molecule has 1 atom stereocenters. The van der Waals surface area contributed by atoms with Crippen LogP contribution in [0.2, 0.25) is 0 Å². The quantitative estimate of drug-likeness (QED) is 0.840. The SMILES string of the molecule is CCCNC(CCc1nccn1C)c1ncc(C)cn1. The summed E-state index contributed by atoms with van der Waals surface area (Å²) in [6.07, 6.45) is 10.5. The summed E-state index contributed by atoms with van der Waals surface area (Å²) >= 11 is 0. The number of nitrogens with zero attached hydrogens (tertiary/aromatic N) is 4. The number of rotatable bonds is 7. The Balaban J connectivity index is 2.03. The minimum Gasteiger partial charge on any atom is -0.338 e. The molecule has 108 valence electrons. The van der Waals surface area contributed by atoms with E-state index in [4.69, 9.17) is 0 Å². The number of hydrogen-bond donors (Lipinski definition) is 1. The van der Waals surface area contributed by atoms with Gasteiger partial charge in [-0.1, -0.05) is 6.92 Å². The lowest BCUT2D eigenvalue weighted by atomic mass is 10.1. The molecule has 5 nitrogen and oxygen atoms in total. The first-order valence-corrected chi connectivity index (χ1v) is 7.18. The minimum atomic E-state index is 0.187. The van der Waals surface area contributed by atoms with E-state index in [0.717, 1.165) is 43.0 Å². The third-order valence-corrected chi connectivity index (χ3v) is 3.33. The Morgan fingerprint density at radius 2 is 2.00 bits per heavy atom. The maximum atomic E-state index is 4.45. The Hall–Kier alpha value is -1.75. The van der Waals surface area contributed by atoms with Gasteiger partial charge >= 0.3 is 0 Å². The van der Waals surface area contributed by atoms with E-state index < -0.39 is 0 Å². The third-order valence-electron chi connectivity index (χ3n) is 3.33. The molecule has 2 aromatic heterocycles. The molecule has 0 bridgehead atoms. The fraction of sp³-hybridized carbons (Fsp3) is 0.533. The van der Waals surface area contributed by atoms with Crippen molar-refractivity contribution in [1.82, 2.24) is 24.8 Å². The summed E-state index contributed by atoms with van der Waals surface area (Å²) in [5.41, 5.74) is 1.09. The van der Waals surface area contributed by atoms with E-state index in [1.165, 1.54) is 0 Å². The zero-order valence-corrected chi connectivity index (χ0v) is 12.5. The molecule has 2 rings (SSSR count). The maximum Gasteiger partial charge on any atom is 0.145 e. The van der Waals surface area contributed by atoms with Crippen molar-refractivity contribution in [3.8, 4) is 0 Å². The molecule has 5 heteroatoms. The van der Waals surface area contributed by atoms with Crippen LogP contribution in [0.4, 0.5) is 0 Å². The fourth-order valence-electron chi connectivity index (χ4n) is 2.13. The van der Waals surface area contributed by atoms with Crippen molar-refractivity contribution in [2.24, 2.45) is 7.05 Å². The smallest absolute Gasteiger partial charge is 0.145 e. The first kappa shape index (κ1) is 14.7. The zero-order chi connectivity index (χ0) is 14.4. The minimum absolute atomic E-state index is 0.187. The molecule has 0 aliphatic rings. The molecule has 0 fully saturated rings. The van der Waals surface area contributed by atoms with Crippen molar-refractivity contribution >= 4 is 0 Å². The molecule has 2 aromatic rings. The van der Waals surface area contributed by atoms with Crippen LogP contribution in [0, 0.1) is 6.92 Å².